The zero-order valence-corrected chi connectivity index (χ0v) is 55.5. The Morgan fingerprint density at radius 2 is 0.614 bits per heavy atom. The predicted molar refractivity (Wildman–Crippen MR) is 325 cm³/mol. The summed E-state index contributed by atoms with van der Waals surface area (Å²) in [4.78, 5) is 28.0. The minimum Gasteiger partial charge on any atom is -0.623 e. The van der Waals surface area contributed by atoms with E-state index >= 15 is 0 Å². The number of amides is 2. The summed E-state index contributed by atoms with van der Waals surface area (Å²) in [6.07, 6.45) is -62.3. The quantitative estimate of drug-likeness (QED) is 0.0272. The molecule has 0 radical (unpaired) electrons. The second-order valence-corrected chi connectivity index (χ2v) is 27.0. The number of nitrogens with zero attached hydrogens (tertiary/aromatic N) is 1. The number of hydrogen-bond acceptors (Lipinski definition) is 37. The van der Waals surface area contributed by atoms with Gasteiger partial charge < -0.3 is 184 Å². The van der Waals surface area contributed by atoms with Crippen LogP contribution in [0.15, 0.2) is 0 Å². The fraction of sp³-hybridized carbons (Fsp3) is 0.951. The Hall–Kier alpha value is -2.95. The lowest BCUT2D eigenvalue weighted by Crippen LogP contribution is -2.69. The van der Waals surface area contributed by atoms with Crippen LogP contribution in [-0.4, -0.2) is 398 Å². The molecule has 21 saturated heterocycles. The van der Waals surface area contributed by atoms with Crippen LogP contribution in [0.25, 0.3) is 0 Å². The highest BCUT2D eigenvalue weighted by atomic mass is 16.8. The van der Waals surface area contributed by atoms with Gasteiger partial charge in [0.05, 0.1) is 39.6 Å². The van der Waals surface area contributed by atoms with Crippen molar-refractivity contribution in [1.29, 1.82) is 0 Å². The smallest absolute Gasteiger partial charge is 0.293 e. The van der Waals surface area contributed by atoms with E-state index in [1.54, 1.807) is 0 Å². The highest BCUT2D eigenvalue weighted by Crippen LogP contribution is 2.40. The third-order valence-corrected chi connectivity index (χ3v) is 20.1. The van der Waals surface area contributed by atoms with Gasteiger partial charge in [-0.05, 0) is 6.42 Å². The molecule has 0 saturated carbocycles. The molecule has 0 aromatic rings. The molecular formula is C61H103N3O37. The average molecular weight is 1470 g/mol. The van der Waals surface area contributed by atoms with Crippen LogP contribution < -0.4 is 10.6 Å². The Labute approximate surface area is 578 Å². The van der Waals surface area contributed by atoms with Gasteiger partial charge in [-0.2, -0.15) is 0 Å². The van der Waals surface area contributed by atoms with Crippen molar-refractivity contribution in [3.05, 3.63) is 5.21 Å². The molecule has 101 heavy (non-hydrogen) atoms. The SMILES string of the molecule is CCCCCCCCCCCCNC(=O)CC1(C(=O)NC[C@H]2O[C@@H]3O[C@H]4[C@H](O)[C@@H](O)[C@@H](O[C@H]5[C@H](O)[C@@H](O)[C@@H](O[C@H]6[C@H](O)[C@@H](O)[C@@H](O[C@H]7[C@H](O)[C@@H](O)[C@@H](O[C@H]8[C@H](O)[C@@H](O)[C@@H](O[C@H]9[C@H](O)[C@@H](O)[C@@H](O[C@H]2[C@H](O)[C@H]3O)O[C@@H]9CO)O[C@@H]8CO)O[C@@H]7CO)O[C@@H]6CO)O[C@@H]5CO)O[C@@H]4CO)CCC=[N+]1[O-]. The normalized spacial score (nSPS) is 47.1. The summed E-state index contributed by atoms with van der Waals surface area (Å²) < 4.78 is 81.9. The average Bonchev–Trinajstić information content (AvgIpc) is 1.43. The van der Waals surface area contributed by atoms with E-state index in [2.05, 4.69) is 17.6 Å². The van der Waals surface area contributed by atoms with E-state index in [-0.39, 0.29) is 19.4 Å². The molecule has 40 heteroatoms. The van der Waals surface area contributed by atoms with Crippen LogP contribution in [0.5, 0.6) is 0 Å². The van der Waals surface area contributed by atoms with Gasteiger partial charge in [0.1, 0.15) is 177 Å². The van der Waals surface area contributed by atoms with Crippen molar-refractivity contribution in [3.8, 4) is 0 Å². The van der Waals surface area contributed by atoms with Gasteiger partial charge in [-0.15, -0.1) is 0 Å². The fourth-order valence-corrected chi connectivity index (χ4v) is 14.1. The number of carbonyl (C=O) groups excluding carboxylic acids is 2. The maximum atomic E-state index is 14.5. The molecule has 22 rings (SSSR count). The molecule has 22 heterocycles. The van der Waals surface area contributed by atoms with E-state index in [1.165, 1.54) is 19.3 Å². The zero-order valence-electron chi connectivity index (χ0n) is 55.5. The first-order valence-corrected chi connectivity index (χ1v) is 34.5. The maximum Gasteiger partial charge on any atom is 0.293 e. The summed E-state index contributed by atoms with van der Waals surface area (Å²) in [5.74, 6) is -1.69. The van der Waals surface area contributed by atoms with Gasteiger partial charge in [0.2, 0.25) is 5.91 Å². The number of hydrogen-bond donors (Lipinski definition) is 22. The summed E-state index contributed by atoms with van der Waals surface area (Å²) >= 11 is 0. The van der Waals surface area contributed by atoms with E-state index in [0.717, 1.165) is 44.7 Å². The molecule has 0 aromatic heterocycles. The zero-order chi connectivity index (χ0) is 73.3. The van der Waals surface area contributed by atoms with Crippen molar-refractivity contribution in [2.75, 3.05) is 52.7 Å². The van der Waals surface area contributed by atoms with Crippen molar-refractivity contribution < 1.29 is 183 Å². The van der Waals surface area contributed by atoms with Gasteiger partial charge in [-0.25, -0.2) is 4.74 Å². The maximum absolute atomic E-state index is 14.5. The molecule has 2 amide bonds. The van der Waals surface area contributed by atoms with Gasteiger partial charge >= 0.3 is 0 Å². The molecule has 21 fully saturated rings. The number of aliphatic hydroxyl groups excluding tert-OH is 20. The lowest BCUT2D eigenvalue weighted by atomic mass is 9.90. The molecule has 22 aliphatic rings. The highest BCUT2D eigenvalue weighted by Gasteiger charge is 2.60. The third kappa shape index (κ3) is 18.3. The van der Waals surface area contributed by atoms with Crippen molar-refractivity contribution in [2.24, 2.45) is 0 Å². The monoisotopic (exact) mass is 1470 g/mol. The third-order valence-electron chi connectivity index (χ3n) is 20.1. The summed E-state index contributed by atoms with van der Waals surface area (Å²) in [5, 5.41) is 245. The van der Waals surface area contributed by atoms with Crippen molar-refractivity contribution in [1.82, 2.24) is 10.6 Å². The second kappa shape index (κ2) is 37.2. The van der Waals surface area contributed by atoms with Gasteiger partial charge in [0, 0.05) is 25.9 Å². The van der Waals surface area contributed by atoms with Crippen molar-refractivity contribution in [2.45, 2.75) is 311 Å². The van der Waals surface area contributed by atoms with E-state index in [0.29, 0.717) is 11.2 Å². The Morgan fingerprint density at radius 1 is 0.366 bits per heavy atom. The lowest BCUT2D eigenvalue weighted by molar-refractivity contribution is -0.518. The first kappa shape index (κ1) is 82.1. The highest BCUT2D eigenvalue weighted by molar-refractivity contribution is 5.92. The molecular weight excluding hydrogens is 1370 g/mol. The Morgan fingerprint density at radius 3 is 0.861 bits per heavy atom. The van der Waals surface area contributed by atoms with Gasteiger partial charge in [0.25, 0.3) is 11.4 Å². The summed E-state index contributed by atoms with van der Waals surface area (Å²) in [6, 6.07) is 0. The summed E-state index contributed by atoms with van der Waals surface area (Å²) in [6.45, 7) is -5.02. The molecule has 22 aliphatic heterocycles. The molecule has 22 N–H and O–H groups in total. The predicted octanol–water partition coefficient (Wildman–Crippen LogP) is -11.6. The van der Waals surface area contributed by atoms with E-state index in [1.807, 2.05) is 0 Å². The number of ether oxygens (including phenoxy) is 14. The molecule has 14 bridgehead atoms. The summed E-state index contributed by atoms with van der Waals surface area (Å²) in [5.41, 5.74) is -2.07. The van der Waals surface area contributed by atoms with E-state index < -0.39 is 285 Å². The van der Waals surface area contributed by atoms with E-state index in [4.69, 9.17) is 66.3 Å². The number of nitrogens with one attached hydrogen (secondary N) is 2. The fourth-order valence-electron chi connectivity index (χ4n) is 14.1. The Bertz CT molecular complexity index is 2570. The molecule has 0 aromatic carbocycles. The van der Waals surface area contributed by atoms with Gasteiger partial charge in [-0.1, -0.05) is 64.7 Å². The molecule has 1 unspecified atom stereocenters. The molecule has 0 aliphatic carbocycles. The van der Waals surface area contributed by atoms with Crippen LogP contribution in [0.2, 0.25) is 0 Å². The largest absolute Gasteiger partial charge is 0.623 e. The lowest BCUT2D eigenvalue weighted by Gasteiger charge is -2.50. The molecule has 0 spiro atoms. The number of aliphatic hydroxyl groups is 20. The van der Waals surface area contributed by atoms with Crippen molar-refractivity contribution >= 4 is 18.0 Å². The van der Waals surface area contributed by atoms with Crippen LogP contribution >= 0.6 is 0 Å². The minimum absolute atomic E-state index is 0.0515. The number of rotatable bonds is 22. The first-order valence-electron chi connectivity index (χ1n) is 34.5. The van der Waals surface area contributed by atoms with Crippen LogP contribution in [0.3, 0.4) is 0 Å². The number of carbonyl (C=O) groups is 2. The molecule has 36 atom stereocenters. The summed E-state index contributed by atoms with van der Waals surface area (Å²) in [7, 11) is 0. The Kier molecular flexibility index (Phi) is 30.3. The topological polar surface area (TPSA) is 618 Å². The van der Waals surface area contributed by atoms with Crippen LogP contribution in [0.4, 0.5) is 0 Å². The van der Waals surface area contributed by atoms with Crippen LogP contribution in [0, 0.1) is 5.21 Å². The van der Waals surface area contributed by atoms with Crippen molar-refractivity contribution in [3.63, 3.8) is 0 Å². The van der Waals surface area contributed by atoms with Crippen LogP contribution in [-0.2, 0) is 75.9 Å². The minimum atomic E-state index is -2.35. The Balaban J connectivity index is 0.981. The number of hydroxylamine groups is 1. The second-order valence-electron chi connectivity index (χ2n) is 27.0. The standard InChI is InChI=1S/C61H103N3O37/c1-2-3-4-5-6-7-8-9-10-11-14-62-31(71)16-61(13-12-15-64(61)87)60(86)63-17-24-46-32(72)39(79)53(88-24)96-47-25(18-65)90-55(41(81)34(47)74)98-49-27(20-67)92-57(43(83)36(49)76)100-51-29(22-69)94-59(45(85)38(51)78)101-52-30(23-70)93-58(44(84)37(52)77)99-50-28(21-68)91-56(42(82)35(50)75)97-48-26(19-66)89-54(95-46)40(80)33(48)73/h15,24-30,32-59,65-70,72-85H,2-14,16-23H2,1H3,(H,62,71)(H,63,86)/t24-,25-,26-,27-,28-,29-,30-,32-,33-,34-,35-,36-,37-,38-,39-,40-,41-,42-,43-,44-,45-,46-,47-,48-,49-,50-,51-,52-,53-,54-,55-,56-,57-,58-,59-,61?/m1/s1. The van der Waals surface area contributed by atoms with Crippen LogP contribution in [0.1, 0.15) is 90.4 Å². The molecule has 584 valence electrons. The van der Waals surface area contributed by atoms with Gasteiger partial charge in [0.15, 0.2) is 50.2 Å². The first-order chi connectivity index (χ1) is 48.3. The molecule has 40 nitrogen and oxygen atoms in total. The van der Waals surface area contributed by atoms with Gasteiger partial charge in [-0.3, -0.25) is 9.59 Å². The van der Waals surface area contributed by atoms with E-state index in [9.17, 15) is 117 Å². The number of unbranched alkanes of at least 4 members (excludes halogenated alkanes) is 9.